The van der Waals surface area contributed by atoms with Crippen molar-refractivity contribution in [2.45, 2.75) is 17.6 Å². The van der Waals surface area contributed by atoms with E-state index in [2.05, 4.69) is 10.2 Å². The fraction of sp³-hybridized carbons (Fsp3) is 0.261. The van der Waals surface area contributed by atoms with Gasteiger partial charge in [0, 0.05) is 35.6 Å². The Morgan fingerprint density at radius 1 is 1.18 bits per heavy atom. The number of hydrogen-bond donors (Lipinski definition) is 2. The van der Waals surface area contributed by atoms with E-state index in [1.165, 1.54) is 22.3 Å². The number of benzene rings is 1. The molecule has 0 unspecified atom stereocenters. The molecule has 182 valence electrons. The summed E-state index contributed by atoms with van der Waals surface area (Å²) in [5.74, 6) is 0. The Kier molecular flexibility index (Phi) is 8.34. The largest absolute Gasteiger partial charge is 0.432 e. The number of hydrogen-bond acceptors (Lipinski definition) is 7. The maximum Gasteiger partial charge on any atom is 0.432 e. The van der Waals surface area contributed by atoms with Gasteiger partial charge in [-0.15, -0.1) is 22.7 Å². The van der Waals surface area contributed by atoms with Gasteiger partial charge in [-0.3, -0.25) is 10.3 Å². The van der Waals surface area contributed by atoms with Crippen molar-refractivity contribution in [3.8, 4) is 10.4 Å². The molecule has 0 fully saturated rings. The third kappa shape index (κ3) is 7.26. The van der Waals surface area contributed by atoms with Crippen molar-refractivity contribution in [1.29, 1.82) is 5.41 Å². The summed E-state index contributed by atoms with van der Waals surface area (Å²) >= 11 is 2.87. The minimum Gasteiger partial charge on any atom is -0.383 e. The second-order valence-corrected chi connectivity index (χ2v) is 11.8. The highest BCUT2D eigenvalue weighted by molar-refractivity contribution is 7.90. The molecule has 34 heavy (non-hydrogen) atoms. The van der Waals surface area contributed by atoms with Gasteiger partial charge in [-0.25, -0.2) is 8.42 Å². The van der Waals surface area contributed by atoms with Gasteiger partial charge in [0.15, 0.2) is 9.84 Å². The number of sulfone groups is 1. The Morgan fingerprint density at radius 3 is 2.59 bits per heavy atom. The summed E-state index contributed by atoms with van der Waals surface area (Å²) in [7, 11) is -1.46. The molecular weight excluding hydrogens is 503 g/mol. The predicted molar refractivity (Wildman–Crippen MR) is 133 cm³/mol. The lowest BCUT2D eigenvalue weighted by Crippen LogP contribution is -2.29. The van der Waals surface area contributed by atoms with E-state index >= 15 is 0 Å². The first kappa shape index (κ1) is 26.1. The topological polar surface area (TPSA) is 73.3 Å². The second-order valence-electron chi connectivity index (χ2n) is 7.68. The SMILES string of the molecule is CN(CCN/C(=C\C(=N)C(F)(F)F)c1ccc(-c2cccc(S(C)(=O)=O)c2)s1)Cc1cccs1. The van der Waals surface area contributed by atoms with Gasteiger partial charge in [0.05, 0.1) is 15.5 Å². The van der Waals surface area contributed by atoms with E-state index in [0.717, 1.165) is 18.9 Å². The third-order valence-electron chi connectivity index (χ3n) is 4.83. The predicted octanol–water partition coefficient (Wildman–Crippen LogP) is 5.52. The van der Waals surface area contributed by atoms with Crippen LogP contribution in [0.4, 0.5) is 13.2 Å². The minimum absolute atomic E-state index is 0.168. The highest BCUT2D eigenvalue weighted by atomic mass is 32.2. The highest BCUT2D eigenvalue weighted by Crippen LogP contribution is 2.33. The van der Waals surface area contributed by atoms with E-state index in [1.54, 1.807) is 41.7 Å². The molecule has 0 saturated heterocycles. The standard InChI is InChI=1S/C23H24F3N3O2S3/c1-29(15-17-6-4-12-32-17)11-10-28-19(14-22(27)23(24,25)26)21-9-8-20(33-21)16-5-3-7-18(13-16)34(2,30)31/h3-9,12-14,27-28H,10-11,15H2,1-2H3/b19-14-,27-22?. The van der Waals surface area contributed by atoms with E-state index in [9.17, 15) is 21.6 Å². The van der Waals surface area contributed by atoms with Gasteiger partial charge in [-0.05, 0) is 54.4 Å². The maximum atomic E-state index is 13.1. The zero-order valence-corrected chi connectivity index (χ0v) is 21.0. The van der Waals surface area contributed by atoms with Gasteiger partial charge in [-0.1, -0.05) is 18.2 Å². The molecule has 0 radical (unpaired) electrons. The van der Waals surface area contributed by atoms with E-state index in [4.69, 9.17) is 5.41 Å². The monoisotopic (exact) mass is 527 g/mol. The first-order valence-electron chi connectivity index (χ1n) is 10.2. The molecule has 1 aromatic carbocycles. The van der Waals surface area contributed by atoms with E-state index in [1.807, 2.05) is 24.6 Å². The normalized spacial score (nSPS) is 12.8. The van der Waals surface area contributed by atoms with Crippen LogP contribution in [-0.4, -0.2) is 51.6 Å². The lowest BCUT2D eigenvalue weighted by molar-refractivity contribution is -0.0584. The number of rotatable bonds is 10. The quantitative estimate of drug-likeness (QED) is 0.340. The number of thiophene rings is 2. The molecule has 3 rings (SSSR count). The van der Waals surface area contributed by atoms with Crippen molar-refractivity contribution in [3.63, 3.8) is 0 Å². The Bertz CT molecular complexity index is 1260. The molecule has 5 nitrogen and oxygen atoms in total. The summed E-state index contributed by atoms with van der Waals surface area (Å²) in [5.41, 5.74) is -0.599. The molecule has 0 amide bonds. The molecule has 0 atom stereocenters. The molecule has 0 bridgehead atoms. The van der Waals surface area contributed by atoms with Crippen molar-refractivity contribution >= 4 is 43.9 Å². The average Bonchev–Trinajstić information content (AvgIpc) is 3.44. The maximum absolute atomic E-state index is 13.1. The molecule has 2 aromatic heterocycles. The Hall–Kier alpha value is -2.47. The van der Waals surface area contributed by atoms with Crippen LogP contribution in [0.15, 0.2) is 64.9 Å². The molecule has 2 N–H and O–H groups in total. The summed E-state index contributed by atoms with van der Waals surface area (Å²) in [6.45, 7) is 1.70. The van der Waals surface area contributed by atoms with Crippen LogP contribution < -0.4 is 5.32 Å². The number of alkyl halides is 3. The molecular formula is C23H24F3N3O2S3. The molecule has 3 aromatic rings. The smallest absolute Gasteiger partial charge is 0.383 e. The Balaban J connectivity index is 1.80. The lowest BCUT2D eigenvalue weighted by atomic mass is 10.2. The van der Waals surface area contributed by atoms with Gasteiger partial charge in [-0.2, -0.15) is 13.2 Å². The fourth-order valence-electron chi connectivity index (χ4n) is 3.08. The zero-order chi connectivity index (χ0) is 24.9. The van der Waals surface area contributed by atoms with Crippen molar-refractivity contribution < 1.29 is 21.6 Å². The molecule has 0 aliphatic carbocycles. The Labute approximate surface area is 205 Å². The summed E-state index contributed by atoms with van der Waals surface area (Å²) in [6.07, 6.45) is -2.84. The third-order valence-corrected chi connectivity index (χ3v) is 7.97. The number of likely N-dealkylation sites (N-methyl/N-ethyl adjacent to an activating group) is 1. The second kappa shape index (κ2) is 10.9. The fourth-order valence-corrected chi connectivity index (χ4v) is 5.53. The highest BCUT2D eigenvalue weighted by Gasteiger charge is 2.33. The van der Waals surface area contributed by atoms with E-state index in [0.29, 0.717) is 28.4 Å². The van der Waals surface area contributed by atoms with Crippen LogP contribution in [0.5, 0.6) is 0 Å². The molecule has 0 aliphatic heterocycles. The van der Waals surface area contributed by atoms with Crippen molar-refractivity contribution in [3.05, 3.63) is 69.7 Å². The zero-order valence-electron chi connectivity index (χ0n) is 18.5. The van der Waals surface area contributed by atoms with Crippen LogP contribution >= 0.6 is 22.7 Å². The summed E-state index contributed by atoms with van der Waals surface area (Å²) in [6, 6.07) is 13.8. The number of nitrogens with one attached hydrogen (secondary N) is 2. The van der Waals surface area contributed by atoms with Crippen LogP contribution in [0, 0.1) is 5.41 Å². The minimum atomic E-state index is -4.76. The molecule has 2 heterocycles. The van der Waals surface area contributed by atoms with E-state index in [-0.39, 0.29) is 10.6 Å². The summed E-state index contributed by atoms with van der Waals surface area (Å²) in [5, 5.41) is 12.5. The summed E-state index contributed by atoms with van der Waals surface area (Å²) in [4.78, 5) is 4.65. The van der Waals surface area contributed by atoms with Gasteiger partial charge >= 0.3 is 6.18 Å². The summed E-state index contributed by atoms with van der Waals surface area (Å²) < 4.78 is 62.9. The van der Waals surface area contributed by atoms with Crippen LogP contribution in [0.25, 0.3) is 16.1 Å². The van der Waals surface area contributed by atoms with Gasteiger partial charge in [0.2, 0.25) is 0 Å². The lowest BCUT2D eigenvalue weighted by Gasteiger charge is -2.17. The first-order chi connectivity index (χ1) is 15.9. The number of allylic oxidation sites excluding steroid dienone is 1. The van der Waals surface area contributed by atoms with Crippen LogP contribution in [0.1, 0.15) is 9.75 Å². The van der Waals surface area contributed by atoms with Crippen molar-refractivity contribution in [2.24, 2.45) is 0 Å². The molecule has 0 spiro atoms. The van der Waals surface area contributed by atoms with E-state index < -0.39 is 21.7 Å². The average molecular weight is 528 g/mol. The molecule has 0 saturated carbocycles. The molecule has 0 aliphatic rings. The van der Waals surface area contributed by atoms with Crippen LogP contribution in [0.2, 0.25) is 0 Å². The number of halogens is 3. The van der Waals surface area contributed by atoms with Crippen LogP contribution in [-0.2, 0) is 16.4 Å². The van der Waals surface area contributed by atoms with Gasteiger partial charge in [0.25, 0.3) is 0 Å². The van der Waals surface area contributed by atoms with Gasteiger partial charge < -0.3 is 5.32 Å². The van der Waals surface area contributed by atoms with Crippen molar-refractivity contribution in [1.82, 2.24) is 10.2 Å². The Morgan fingerprint density at radius 2 is 1.94 bits per heavy atom. The number of nitrogens with zero attached hydrogens (tertiary/aromatic N) is 1. The van der Waals surface area contributed by atoms with Crippen molar-refractivity contribution in [2.75, 3.05) is 26.4 Å². The first-order valence-corrected chi connectivity index (χ1v) is 13.7. The van der Waals surface area contributed by atoms with Crippen LogP contribution in [0.3, 0.4) is 0 Å². The molecule has 11 heteroatoms. The van der Waals surface area contributed by atoms with Gasteiger partial charge in [0.1, 0.15) is 5.71 Å².